The van der Waals surface area contributed by atoms with E-state index in [9.17, 15) is 14.7 Å². The van der Waals surface area contributed by atoms with E-state index in [1.807, 2.05) is 11.8 Å². The van der Waals surface area contributed by atoms with Crippen LogP contribution in [0.1, 0.15) is 39.0 Å². The Morgan fingerprint density at radius 3 is 2.79 bits per heavy atom. The monoisotopic (exact) mass is 271 g/mol. The summed E-state index contributed by atoms with van der Waals surface area (Å²) < 4.78 is 0. The summed E-state index contributed by atoms with van der Waals surface area (Å²) in [5.74, 6) is -0.311. The summed E-state index contributed by atoms with van der Waals surface area (Å²) in [4.78, 5) is 25.1. The van der Waals surface area contributed by atoms with Gasteiger partial charge in [0.1, 0.15) is 0 Å². The first kappa shape index (κ1) is 15.9. The summed E-state index contributed by atoms with van der Waals surface area (Å²) in [6.07, 6.45) is 4.99. The summed E-state index contributed by atoms with van der Waals surface area (Å²) in [5.41, 5.74) is 0. The number of imide groups is 1. The van der Waals surface area contributed by atoms with E-state index in [-0.39, 0.29) is 25.1 Å². The summed E-state index contributed by atoms with van der Waals surface area (Å²) in [5, 5.41) is 14.3. The van der Waals surface area contributed by atoms with Crippen LogP contribution in [0.3, 0.4) is 0 Å². The van der Waals surface area contributed by atoms with Crippen LogP contribution in [0.5, 0.6) is 0 Å². The summed E-state index contributed by atoms with van der Waals surface area (Å²) >= 11 is 0. The molecule has 0 aliphatic carbocycles. The first-order chi connectivity index (χ1) is 9.17. The van der Waals surface area contributed by atoms with Crippen molar-refractivity contribution in [3.8, 4) is 0 Å². The lowest BCUT2D eigenvalue weighted by atomic mass is 10.1. The van der Waals surface area contributed by atoms with Crippen molar-refractivity contribution >= 4 is 11.9 Å². The number of carbonyl (C=O) groups is 2. The second-order valence-electron chi connectivity index (χ2n) is 4.96. The third-order valence-corrected chi connectivity index (χ3v) is 3.35. The molecule has 0 saturated carbocycles. The van der Waals surface area contributed by atoms with Gasteiger partial charge < -0.3 is 10.4 Å². The SMILES string of the molecule is CCCNC(=O)NC(=O)CN1CCCCCC1CO. The molecule has 1 fully saturated rings. The fraction of sp³-hybridized carbons (Fsp3) is 0.846. The van der Waals surface area contributed by atoms with Gasteiger partial charge in [-0.15, -0.1) is 0 Å². The highest BCUT2D eigenvalue weighted by Gasteiger charge is 2.22. The Kier molecular flexibility index (Phi) is 7.43. The van der Waals surface area contributed by atoms with Crippen molar-refractivity contribution in [3.63, 3.8) is 0 Å². The van der Waals surface area contributed by atoms with E-state index in [2.05, 4.69) is 10.6 Å². The lowest BCUT2D eigenvalue weighted by molar-refractivity contribution is -0.121. The molecule has 1 aliphatic rings. The largest absolute Gasteiger partial charge is 0.395 e. The molecule has 0 aromatic heterocycles. The van der Waals surface area contributed by atoms with Crippen LogP contribution in [-0.2, 0) is 4.79 Å². The Morgan fingerprint density at radius 2 is 2.11 bits per heavy atom. The molecular weight excluding hydrogens is 246 g/mol. The van der Waals surface area contributed by atoms with Crippen LogP contribution < -0.4 is 10.6 Å². The molecule has 110 valence electrons. The zero-order chi connectivity index (χ0) is 14.1. The third kappa shape index (κ3) is 6.02. The van der Waals surface area contributed by atoms with Gasteiger partial charge in [-0.05, 0) is 25.8 Å². The van der Waals surface area contributed by atoms with Crippen LogP contribution in [0.25, 0.3) is 0 Å². The minimum Gasteiger partial charge on any atom is -0.395 e. The van der Waals surface area contributed by atoms with Crippen molar-refractivity contribution in [2.75, 3.05) is 26.2 Å². The number of aliphatic hydroxyl groups is 1. The van der Waals surface area contributed by atoms with Crippen molar-refractivity contribution in [2.24, 2.45) is 0 Å². The first-order valence-corrected chi connectivity index (χ1v) is 7.10. The molecule has 0 aromatic carbocycles. The van der Waals surface area contributed by atoms with Crippen molar-refractivity contribution in [1.82, 2.24) is 15.5 Å². The minimum absolute atomic E-state index is 0.0342. The molecule has 0 bridgehead atoms. The predicted molar refractivity (Wildman–Crippen MR) is 72.7 cm³/mol. The standard InChI is InChI=1S/C13H25N3O3/c1-2-7-14-13(19)15-12(18)9-16-8-5-3-4-6-11(16)10-17/h11,17H,2-10H2,1H3,(H2,14,15,18,19). The van der Waals surface area contributed by atoms with Crippen LogP contribution in [-0.4, -0.2) is 54.2 Å². The molecule has 1 atom stereocenters. The number of amides is 3. The van der Waals surface area contributed by atoms with Crippen LogP contribution in [0.15, 0.2) is 0 Å². The quantitative estimate of drug-likeness (QED) is 0.678. The molecule has 6 heteroatoms. The number of rotatable bonds is 5. The van der Waals surface area contributed by atoms with Crippen LogP contribution in [0, 0.1) is 0 Å². The molecule has 3 N–H and O–H groups in total. The number of likely N-dealkylation sites (tertiary alicyclic amines) is 1. The number of nitrogens with one attached hydrogen (secondary N) is 2. The molecule has 1 unspecified atom stereocenters. The normalized spacial score (nSPS) is 20.6. The minimum atomic E-state index is -0.442. The van der Waals surface area contributed by atoms with Crippen molar-refractivity contribution in [1.29, 1.82) is 0 Å². The van der Waals surface area contributed by atoms with Gasteiger partial charge in [0, 0.05) is 12.6 Å². The molecule has 1 aliphatic heterocycles. The molecule has 1 saturated heterocycles. The van der Waals surface area contributed by atoms with E-state index in [0.717, 1.165) is 38.6 Å². The Balaban J connectivity index is 2.38. The van der Waals surface area contributed by atoms with E-state index in [1.54, 1.807) is 0 Å². The van der Waals surface area contributed by atoms with Crippen LogP contribution >= 0.6 is 0 Å². The summed E-state index contributed by atoms with van der Waals surface area (Å²) in [7, 11) is 0. The summed E-state index contributed by atoms with van der Waals surface area (Å²) in [6.45, 7) is 3.54. The molecule has 3 amide bonds. The Hall–Kier alpha value is -1.14. The maximum atomic E-state index is 11.8. The number of carbonyl (C=O) groups excluding carboxylic acids is 2. The van der Waals surface area contributed by atoms with Gasteiger partial charge in [-0.3, -0.25) is 15.0 Å². The van der Waals surface area contributed by atoms with Crippen LogP contribution in [0.2, 0.25) is 0 Å². The van der Waals surface area contributed by atoms with Gasteiger partial charge >= 0.3 is 6.03 Å². The maximum Gasteiger partial charge on any atom is 0.321 e. The number of aliphatic hydroxyl groups excluding tert-OH is 1. The topological polar surface area (TPSA) is 81.7 Å². The van der Waals surface area contributed by atoms with Gasteiger partial charge in [-0.1, -0.05) is 19.8 Å². The van der Waals surface area contributed by atoms with E-state index >= 15 is 0 Å². The van der Waals surface area contributed by atoms with E-state index < -0.39 is 6.03 Å². The zero-order valence-corrected chi connectivity index (χ0v) is 11.7. The molecule has 6 nitrogen and oxygen atoms in total. The maximum absolute atomic E-state index is 11.8. The van der Waals surface area contributed by atoms with E-state index in [0.29, 0.717) is 6.54 Å². The highest BCUT2D eigenvalue weighted by Crippen LogP contribution is 2.15. The third-order valence-electron chi connectivity index (χ3n) is 3.35. The van der Waals surface area contributed by atoms with Crippen molar-refractivity contribution in [3.05, 3.63) is 0 Å². The van der Waals surface area contributed by atoms with Crippen LogP contribution in [0.4, 0.5) is 4.79 Å². The first-order valence-electron chi connectivity index (χ1n) is 7.10. The van der Waals surface area contributed by atoms with Gasteiger partial charge in [-0.2, -0.15) is 0 Å². The second kappa shape index (κ2) is 8.87. The Morgan fingerprint density at radius 1 is 1.32 bits per heavy atom. The van der Waals surface area contributed by atoms with Crippen molar-refractivity contribution in [2.45, 2.75) is 45.1 Å². The fourth-order valence-corrected chi connectivity index (χ4v) is 2.29. The summed E-state index contributed by atoms with van der Waals surface area (Å²) in [6, 6.07) is -0.408. The second-order valence-corrected chi connectivity index (χ2v) is 4.96. The molecule has 0 aromatic rings. The highest BCUT2D eigenvalue weighted by molar-refractivity contribution is 5.95. The number of hydrogen-bond donors (Lipinski definition) is 3. The van der Waals surface area contributed by atoms with Gasteiger partial charge in [-0.25, -0.2) is 4.79 Å². The lowest BCUT2D eigenvalue weighted by Crippen LogP contribution is -2.48. The molecule has 1 heterocycles. The average Bonchev–Trinajstić information content (AvgIpc) is 2.61. The molecule has 19 heavy (non-hydrogen) atoms. The fourth-order valence-electron chi connectivity index (χ4n) is 2.29. The Bertz CT molecular complexity index is 297. The van der Waals surface area contributed by atoms with E-state index in [4.69, 9.17) is 0 Å². The van der Waals surface area contributed by atoms with Gasteiger partial charge in [0.25, 0.3) is 0 Å². The number of nitrogens with zero attached hydrogens (tertiary/aromatic N) is 1. The smallest absolute Gasteiger partial charge is 0.321 e. The predicted octanol–water partition coefficient (Wildman–Crippen LogP) is 0.459. The van der Waals surface area contributed by atoms with Crippen molar-refractivity contribution < 1.29 is 14.7 Å². The molecule has 1 rings (SSSR count). The van der Waals surface area contributed by atoms with Gasteiger partial charge in [0.2, 0.25) is 5.91 Å². The Labute approximate surface area is 114 Å². The number of hydrogen-bond acceptors (Lipinski definition) is 4. The highest BCUT2D eigenvalue weighted by atomic mass is 16.3. The average molecular weight is 271 g/mol. The van der Waals surface area contributed by atoms with E-state index in [1.165, 1.54) is 0 Å². The molecule has 0 radical (unpaired) electrons. The van der Waals surface area contributed by atoms with Gasteiger partial charge in [0.15, 0.2) is 0 Å². The zero-order valence-electron chi connectivity index (χ0n) is 11.7. The lowest BCUT2D eigenvalue weighted by Gasteiger charge is -2.27. The number of urea groups is 1. The van der Waals surface area contributed by atoms with Gasteiger partial charge in [0.05, 0.1) is 13.2 Å². The molecular formula is C13H25N3O3. The molecule has 0 spiro atoms.